The van der Waals surface area contributed by atoms with E-state index in [9.17, 15) is 13.2 Å². The van der Waals surface area contributed by atoms with Gasteiger partial charge >= 0.3 is 0 Å². The van der Waals surface area contributed by atoms with Crippen molar-refractivity contribution in [1.29, 1.82) is 0 Å². The summed E-state index contributed by atoms with van der Waals surface area (Å²) < 4.78 is 29.3. The van der Waals surface area contributed by atoms with Crippen molar-refractivity contribution in [3.8, 4) is 0 Å². The Morgan fingerprint density at radius 2 is 1.80 bits per heavy atom. The molecule has 0 saturated carbocycles. The van der Waals surface area contributed by atoms with Crippen molar-refractivity contribution < 1.29 is 13.2 Å². The van der Waals surface area contributed by atoms with Crippen LogP contribution >= 0.6 is 0 Å². The third-order valence-corrected chi connectivity index (χ3v) is 6.30. The second-order valence-corrected chi connectivity index (χ2v) is 8.95. The summed E-state index contributed by atoms with van der Waals surface area (Å²) in [6, 6.07) is 15.1. The lowest BCUT2D eigenvalue weighted by atomic mass is 10.1. The van der Waals surface area contributed by atoms with E-state index < -0.39 is 10.0 Å². The number of amides is 1. The summed E-state index contributed by atoms with van der Waals surface area (Å²) in [4.78, 5) is 12.3. The minimum atomic E-state index is -3.64. The van der Waals surface area contributed by atoms with E-state index >= 15 is 0 Å². The predicted octanol–water partition coefficient (Wildman–Crippen LogP) is 2.53. The number of rotatable bonds is 9. The van der Waals surface area contributed by atoms with Crippen molar-refractivity contribution >= 4 is 15.9 Å². The highest BCUT2D eigenvalue weighted by atomic mass is 32.2. The Hall–Kier alpha value is -2.97. The van der Waals surface area contributed by atoms with E-state index in [2.05, 4.69) is 15.1 Å². The fourth-order valence-corrected chi connectivity index (χ4v) is 4.37. The highest BCUT2D eigenvalue weighted by Gasteiger charge is 2.17. The largest absolute Gasteiger partial charge is 0.352 e. The van der Waals surface area contributed by atoms with Crippen molar-refractivity contribution in [1.82, 2.24) is 19.8 Å². The van der Waals surface area contributed by atoms with Gasteiger partial charge in [-0.2, -0.15) is 5.10 Å². The summed E-state index contributed by atoms with van der Waals surface area (Å²) in [6.45, 7) is 4.73. The topological polar surface area (TPSA) is 93.1 Å². The maximum atomic E-state index is 12.5. The fraction of sp³-hybridized carbons (Fsp3) is 0.273. The standard InChI is InChI=1S/C22H26N4O3S/c1-17-4-5-18(2)21(14-17)30(28,29)25-12-10-22(27)23-15-19-6-8-20(9-7-19)16-26-13-3-11-24-26/h3-9,11,13-14,25H,10,12,15-16H2,1-2H3,(H,23,27). The Labute approximate surface area is 177 Å². The number of carbonyl (C=O) groups is 1. The van der Waals surface area contributed by atoms with Gasteiger partial charge < -0.3 is 5.32 Å². The summed E-state index contributed by atoms with van der Waals surface area (Å²) >= 11 is 0. The molecule has 0 bridgehead atoms. The predicted molar refractivity (Wildman–Crippen MR) is 115 cm³/mol. The lowest BCUT2D eigenvalue weighted by Crippen LogP contribution is -2.31. The van der Waals surface area contributed by atoms with Gasteiger partial charge in [0.2, 0.25) is 15.9 Å². The van der Waals surface area contributed by atoms with Crippen LogP contribution in [0.5, 0.6) is 0 Å². The molecular formula is C22H26N4O3S. The van der Waals surface area contributed by atoms with Crippen LogP contribution in [-0.4, -0.2) is 30.7 Å². The molecule has 0 atom stereocenters. The minimum absolute atomic E-state index is 0.0460. The molecule has 1 aromatic heterocycles. The average Bonchev–Trinajstić information content (AvgIpc) is 3.22. The van der Waals surface area contributed by atoms with E-state index in [0.29, 0.717) is 18.7 Å². The van der Waals surface area contributed by atoms with Crippen LogP contribution in [0.15, 0.2) is 65.8 Å². The van der Waals surface area contributed by atoms with Gasteiger partial charge in [0.15, 0.2) is 0 Å². The molecule has 0 unspecified atom stereocenters. The number of nitrogens with one attached hydrogen (secondary N) is 2. The zero-order chi connectivity index (χ0) is 21.6. The van der Waals surface area contributed by atoms with E-state index in [1.54, 1.807) is 25.3 Å². The molecule has 0 aliphatic rings. The molecule has 0 saturated heterocycles. The van der Waals surface area contributed by atoms with E-state index in [1.165, 1.54) is 0 Å². The zero-order valence-corrected chi connectivity index (χ0v) is 17.9. The van der Waals surface area contributed by atoms with Crippen LogP contribution in [0.1, 0.15) is 28.7 Å². The van der Waals surface area contributed by atoms with E-state index in [-0.39, 0.29) is 23.8 Å². The first kappa shape index (κ1) is 21.7. The molecule has 0 spiro atoms. The molecular weight excluding hydrogens is 400 g/mol. The number of nitrogens with zero attached hydrogens (tertiary/aromatic N) is 2. The quantitative estimate of drug-likeness (QED) is 0.550. The third kappa shape index (κ3) is 6.01. The van der Waals surface area contributed by atoms with Gasteiger partial charge in [-0.1, -0.05) is 36.4 Å². The average molecular weight is 427 g/mol. The molecule has 158 valence electrons. The molecule has 1 heterocycles. The van der Waals surface area contributed by atoms with Crippen molar-refractivity contribution in [3.05, 3.63) is 83.2 Å². The SMILES string of the molecule is Cc1ccc(C)c(S(=O)(=O)NCCC(=O)NCc2ccc(Cn3cccn3)cc2)c1. The van der Waals surface area contributed by atoms with Crippen LogP contribution in [0, 0.1) is 13.8 Å². The molecule has 0 aliphatic heterocycles. The normalized spacial score (nSPS) is 11.4. The summed E-state index contributed by atoms with van der Waals surface area (Å²) in [5.41, 5.74) is 3.64. The number of aryl methyl sites for hydroxylation is 2. The first-order chi connectivity index (χ1) is 14.3. The highest BCUT2D eigenvalue weighted by Crippen LogP contribution is 2.16. The highest BCUT2D eigenvalue weighted by molar-refractivity contribution is 7.89. The molecule has 7 nitrogen and oxygen atoms in total. The van der Waals surface area contributed by atoms with Crippen molar-refractivity contribution in [2.75, 3.05) is 6.54 Å². The monoisotopic (exact) mass is 426 g/mol. The van der Waals surface area contributed by atoms with E-state index in [4.69, 9.17) is 0 Å². The summed E-state index contributed by atoms with van der Waals surface area (Å²) in [7, 11) is -3.64. The van der Waals surface area contributed by atoms with Gasteiger partial charge in [-0.05, 0) is 48.2 Å². The molecule has 0 aliphatic carbocycles. The Bertz CT molecular complexity index is 1090. The summed E-state index contributed by atoms with van der Waals surface area (Å²) in [6.07, 6.45) is 3.72. The lowest BCUT2D eigenvalue weighted by molar-refractivity contribution is -0.121. The Kier molecular flexibility index (Phi) is 7.02. The molecule has 3 aromatic rings. The van der Waals surface area contributed by atoms with Gasteiger partial charge in [0, 0.05) is 31.9 Å². The number of hydrogen-bond donors (Lipinski definition) is 2. The molecule has 0 radical (unpaired) electrons. The van der Waals surface area contributed by atoms with E-state index in [0.717, 1.165) is 16.7 Å². The lowest BCUT2D eigenvalue weighted by Gasteiger charge is -2.10. The van der Waals surface area contributed by atoms with Crippen molar-refractivity contribution in [2.45, 2.75) is 38.3 Å². The van der Waals surface area contributed by atoms with Gasteiger partial charge in [-0.3, -0.25) is 9.48 Å². The minimum Gasteiger partial charge on any atom is -0.352 e. The number of benzene rings is 2. The Morgan fingerprint density at radius 1 is 1.07 bits per heavy atom. The maximum Gasteiger partial charge on any atom is 0.240 e. The Morgan fingerprint density at radius 3 is 2.50 bits per heavy atom. The summed E-state index contributed by atoms with van der Waals surface area (Å²) in [5, 5.41) is 7.00. The first-order valence-electron chi connectivity index (χ1n) is 9.72. The molecule has 30 heavy (non-hydrogen) atoms. The molecule has 2 aromatic carbocycles. The second-order valence-electron chi connectivity index (χ2n) is 7.21. The molecule has 3 rings (SSSR count). The van der Waals surface area contributed by atoms with Crippen LogP contribution < -0.4 is 10.0 Å². The first-order valence-corrected chi connectivity index (χ1v) is 11.2. The Balaban J connectivity index is 1.44. The fourth-order valence-electron chi connectivity index (χ4n) is 3.01. The number of carbonyl (C=O) groups excluding carboxylic acids is 1. The third-order valence-electron chi connectivity index (χ3n) is 4.69. The van der Waals surface area contributed by atoms with Gasteiger partial charge in [-0.25, -0.2) is 13.1 Å². The van der Waals surface area contributed by atoms with Gasteiger partial charge in [0.05, 0.1) is 11.4 Å². The van der Waals surface area contributed by atoms with Crippen molar-refractivity contribution in [2.24, 2.45) is 0 Å². The maximum absolute atomic E-state index is 12.5. The van der Waals surface area contributed by atoms with Gasteiger partial charge in [-0.15, -0.1) is 0 Å². The smallest absolute Gasteiger partial charge is 0.240 e. The van der Waals surface area contributed by atoms with Crippen LogP contribution in [0.25, 0.3) is 0 Å². The van der Waals surface area contributed by atoms with Crippen LogP contribution in [0.2, 0.25) is 0 Å². The number of sulfonamides is 1. The van der Waals surface area contributed by atoms with Crippen LogP contribution in [0.4, 0.5) is 0 Å². The van der Waals surface area contributed by atoms with Gasteiger partial charge in [0.1, 0.15) is 0 Å². The summed E-state index contributed by atoms with van der Waals surface area (Å²) in [5.74, 6) is -0.209. The van der Waals surface area contributed by atoms with E-state index in [1.807, 2.05) is 54.2 Å². The number of hydrogen-bond acceptors (Lipinski definition) is 4. The second kappa shape index (κ2) is 9.69. The number of aromatic nitrogens is 2. The molecule has 1 amide bonds. The molecule has 0 fully saturated rings. The van der Waals surface area contributed by atoms with Crippen molar-refractivity contribution in [3.63, 3.8) is 0 Å². The molecule has 8 heteroatoms. The van der Waals surface area contributed by atoms with Gasteiger partial charge in [0.25, 0.3) is 0 Å². The molecule has 2 N–H and O–H groups in total. The van der Waals surface area contributed by atoms with Crippen LogP contribution in [-0.2, 0) is 27.9 Å². The zero-order valence-electron chi connectivity index (χ0n) is 17.1. The van der Waals surface area contributed by atoms with Crippen LogP contribution in [0.3, 0.4) is 0 Å².